The second-order valence-electron chi connectivity index (χ2n) is 9.74. The molecule has 4 unspecified atom stereocenters. The molecule has 3 saturated heterocycles. The van der Waals surface area contributed by atoms with Crippen LogP contribution >= 0.6 is 0 Å². The average molecular weight is 424 g/mol. The van der Waals surface area contributed by atoms with Gasteiger partial charge in [-0.25, -0.2) is 4.79 Å². The van der Waals surface area contributed by atoms with Crippen LogP contribution < -0.4 is 0 Å². The van der Waals surface area contributed by atoms with Crippen LogP contribution in [-0.4, -0.2) is 80.5 Å². The lowest BCUT2D eigenvalue weighted by Gasteiger charge is -2.43. The van der Waals surface area contributed by atoms with Crippen LogP contribution in [-0.2, 0) is 23.7 Å². The van der Waals surface area contributed by atoms with Crippen molar-refractivity contribution in [2.24, 2.45) is 5.92 Å². The predicted octanol–water partition coefficient (Wildman–Crippen LogP) is 3.31. The Kier molecular flexibility index (Phi) is 6.19. The Labute approximate surface area is 180 Å². The van der Waals surface area contributed by atoms with Crippen molar-refractivity contribution >= 4 is 6.09 Å². The van der Waals surface area contributed by atoms with E-state index in [9.17, 15) is 4.79 Å². The van der Waals surface area contributed by atoms with Crippen molar-refractivity contribution in [3.8, 4) is 0 Å². The highest BCUT2D eigenvalue weighted by molar-refractivity contribution is 5.68. The number of nitrogens with zero attached hydrogens (tertiary/aromatic N) is 1. The van der Waals surface area contributed by atoms with Crippen LogP contribution in [0.15, 0.2) is 11.6 Å². The maximum atomic E-state index is 13.0. The molecule has 0 aromatic carbocycles. The summed E-state index contributed by atoms with van der Waals surface area (Å²) in [6.45, 7) is 8.37. The third-order valence-electron chi connectivity index (χ3n) is 7.46. The van der Waals surface area contributed by atoms with E-state index in [1.165, 1.54) is 5.57 Å². The van der Waals surface area contributed by atoms with Gasteiger partial charge in [0.05, 0.1) is 31.3 Å². The largest absolute Gasteiger partial charge is 0.443 e. The number of hydrogen-bond donors (Lipinski definition) is 0. The Morgan fingerprint density at radius 2 is 2.03 bits per heavy atom. The Morgan fingerprint density at radius 3 is 2.67 bits per heavy atom. The first-order valence-corrected chi connectivity index (χ1v) is 11.3. The van der Waals surface area contributed by atoms with E-state index in [-0.39, 0.29) is 47.6 Å². The Balaban J connectivity index is 1.47. The summed E-state index contributed by atoms with van der Waals surface area (Å²) in [7, 11) is 3.38. The lowest BCUT2D eigenvalue weighted by Crippen LogP contribution is -2.56. The fourth-order valence-electron chi connectivity index (χ4n) is 5.71. The van der Waals surface area contributed by atoms with Gasteiger partial charge in [-0.3, -0.25) is 0 Å². The molecule has 30 heavy (non-hydrogen) atoms. The molecule has 0 radical (unpaired) electrons. The fraction of sp³-hybridized carbons (Fsp3) is 0.870. The standard InChI is InChI=1S/C23H37NO6/c1-15(2)8-9-18-22(3,30-18)20-19(27-5)17(10-11-23(20)14-28-23)29-21(25)24-12-6-7-16(24)13-26-4/h8,16-20H,6-7,9-14H2,1-5H3/t16-,17?,18+,19?,20?,22?,23-/m0/s1. The highest BCUT2D eigenvalue weighted by Crippen LogP contribution is 2.59. The zero-order valence-corrected chi connectivity index (χ0v) is 19.0. The van der Waals surface area contributed by atoms with E-state index in [1.54, 1.807) is 14.2 Å². The maximum absolute atomic E-state index is 13.0. The molecule has 7 heteroatoms. The summed E-state index contributed by atoms with van der Waals surface area (Å²) >= 11 is 0. The molecule has 1 aliphatic carbocycles. The number of ether oxygens (including phenoxy) is 5. The molecule has 1 amide bonds. The van der Waals surface area contributed by atoms with Crippen molar-refractivity contribution in [3.05, 3.63) is 11.6 Å². The van der Waals surface area contributed by atoms with Crippen LogP contribution in [0.4, 0.5) is 4.79 Å². The molecule has 3 aliphatic heterocycles. The SMILES string of the molecule is COC[C@@H]1CCCN1C(=O)OC1CC[C@]2(CO2)C(C2(C)O[C@@H]2CC=C(C)C)C1OC. The molecule has 0 bridgehead atoms. The molecule has 3 heterocycles. The second-order valence-corrected chi connectivity index (χ2v) is 9.74. The van der Waals surface area contributed by atoms with E-state index < -0.39 is 0 Å². The molecule has 7 nitrogen and oxygen atoms in total. The third-order valence-corrected chi connectivity index (χ3v) is 7.46. The highest BCUT2D eigenvalue weighted by Gasteiger charge is 2.72. The number of likely N-dealkylation sites (tertiary alicyclic amines) is 1. The van der Waals surface area contributed by atoms with Gasteiger partial charge in [0.1, 0.15) is 23.4 Å². The molecule has 1 spiro atoms. The van der Waals surface area contributed by atoms with E-state index in [0.717, 1.165) is 45.3 Å². The first-order chi connectivity index (χ1) is 14.3. The Morgan fingerprint density at radius 1 is 1.27 bits per heavy atom. The smallest absolute Gasteiger partial charge is 0.410 e. The molecule has 4 fully saturated rings. The van der Waals surface area contributed by atoms with Crippen LogP contribution in [0.25, 0.3) is 0 Å². The molecule has 7 atom stereocenters. The molecule has 0 N–H and O–H groups in total. The van der Waals surface area contributed by atoms with Crippen LogP contribution in [0.5, 0.6) is 0 Å². The molecular weight excluding hydrogens is 386 g/mol. The van der Waals surface area contributed by atoms with E-state index in [0.29, 0.717) is 6.61 Å². The number of hydrogen-bond acceptors (Lipinski definition) is 6. The van der Waals surface area contributed by atoms with Gasteiger partial charge in [0.25, 0.3) is 0 Å². The molecule has 0 aromatic rings. The number of amides is 1. The van der Waals surface area contributed by atoms with Gasteiger partial charge in [-0.15, -0.1) is 0 Å². The van der Waals surface area contributed by atoms with Crippen molar-refractivity contribution in [1.82, 2.24) is 4.90 Å². The summed E-state index contributed by atoms with van der Waals surface area (Å²) in [5, 5.41) is 0. The van der Waals surface area contributed by atoms with Crippen LogP contribution in [0, 0.1) is 5.92 Å². The number of methoxy groups -OCH3 is 2. The summed E-state index contributed by atoms with van der Waals surface area (Å²) in [6, 6.07) is 0.0960. The van der Waals surface area contributed by atoms with Crippen LogP contribution in [0.1, 0.15) is 52.9 Å². The molecule has 0 aromatic heterocycles. The van der Waals surface area contributed by atoms with E-state index in [2.05, 4.69) is 26.8 Å². The highest BCUT2D eigenvalue weighted by atomic mass is 16.6. The monoisotopic (exact) mass is 423 g/mol. The topological polar surface area (TPSA) is 73.1 Å². The normalized spacial score (nSPS) is 42.3. The average Bonchev–Trinajstić information content (AvgIpc) is 3.56. The third kappa shape index (κ3) is 4.01. The summed E-state index contributed by atoms with van der Waals surface area (Å²) < 4.78 is 29.5. The molecule has 4 rings (SSSR count). The van der Waals surface area contributed by atoms with E-state index >= 15 is 0 Å². The van der Waals surface area contributed by atoms with E-state index in [1.807, 2.05) is 4.90 Å². The summed E-state index contributed by atoms with van der Waals surface area (Å²) in [6.07, 6.45) is 6.03. The zero-order valence-electron chi connectivity index (χ0n) is 19.0. The number of epoxide rings is 2. The van der Waals surface area contributed by atoms with Crippen molar-refractivity contribution in [1.29, 1.82) is 0 Å². The van der Waals surface area contributed by atoms with Crippen LogP contribution in [0.2, 0.25) is 0 Å². The van der Waals surface area contributed by atoms with Gasteiger partial charge in [0, 0.05) is 20.8 Å². The Bertz CT molecular complexity index is 673. The van der Waals surface area contributed by atoms with Gasteiger partial charge in [-0.2, -0.15) is 0 Å². The van der Waals surface area contributed by atoms with Gasteiger partial charge in [-0.05, 0) is 52.9 Å². The minimum absolute atomic E-state index is 0.0467. The number of carbonyl (C=O) groups is 1. The first-order valence-electron chi connectivity index (χ1n) is 11.3. The van der Waals surface area contributed by atoms with Crippen molar-refractivity contribution in [2.75, 3.05) is 34.0 Å². The molecule has 1 saturated carbocycles. The van der Waals surface area contributed by atoms with Gasteiger partial charge in [0.15, 0.2) is 0 Å². The minimum Gasteiger partial charge on any atom is -0.443 e. The fourth-order valence-corrected chi connectivity index (χ4v) is 5.71. The second kappa shape index (κ2) is 8.41. The number of allylic oxidation sites excluding steroid dienone is 1. The van der Waals surface area contributed by atoms with Crippen LogP contribution in [0.3, 0.4) is 0 Å². The quantitative estimate of drug-likeness (QED) is 0.462. The predicted molar refractivity (Wildman–Crippen MR) is 111 cm³/mol. The van der Waals surface area contributed by atoms with Gasteiger partial charge < -0.3 is 28.6 Å². The molecule has 170 valence electrons. The van der Waals surface area contributed by atoms with Gasteiger partial charge in [0.2, 0.25) is 0 Å². The summed E-state index contributed by atoms with van der Waals surface area (Å²) in [5.74, 6) is 0.0467. The van der Waals surface area contributed by atoms with Crippen molar-refractivity contribution in [2.45, 2.75) is 88.4 Å². The van der Waals surface area contributed by atoms with Gasteiger partial charge >= 0.3 is 6.09 Å². The lowest BCUT2D eigenvalue weighted by molar-refractivity contribution is -0.122. The van der Waals surface area contributed by atoms with Crippen molar-refractivity contribution < 1.29 is 28.5 Å². The summed E-state index contributed by atoms with van der Waals surface area (Å²) in [4.78, 5) is 14.8. The summed E-state index contributed by atoms with van der Waals surface area (Å²) in [5.41, 5.74) is 0.769. The first kappa shape index (κ1) is 22.1. The van der Waals surface area contributed by atoms with Crippen molar-refractivity contribution in [3.63, 3.8) is 0 Å². The number of rotatable bonds is 7. The maximum Gasteiger partial charge on any atom is 0.410 e. The Hall–Kier alpha value is -1.15. The molecular formula is C23H37NO6. The van der Waals surface area contributed by atoms with Gasteiger partial charge in [-0.1, -0.05) is 11.6 Å². The zero-order chi connectivity index (χ0) is 21.5. The minimum atomic E-state index is -0.319. The molecule has 4 aliphatic rings. The lowest BCUT2D eigenvalue weighted by atomic mass is 9.68. The van der Waals surface area contributed by atoms with E-state index in [4.69, 9.17) is 23.7 Å². The number of carbonyl (C=O) groups excluding carboxylic acids is 1.